The largest absolute Gasteiger partial charge is 0.306 e. The van der Waals surface area contributed by atoms with Crippen molar-refractivity contribution < 1.29 is 0 Å². The Labute approximate surface area is 134 Å². The fraction of sp³-hybridized carbons (Fsp3) is 0.250. The zero-order chi connectivity index (χ0) is 14.7. The lowest BCUT2D eigenvalue weighted by Crippen LogP contribution is -2.19. The Bertz CT molecular complexity index is 611. The van der Waals surface area contributed by atoms with Crippen molar-refractivity contribution in [2.24, 2.45) is 0 Å². The van der Waals surface area contributed by atoms with Crippen LogP contribution in [0.1, 0.15) is 29.7 Å². The summed E-state index contributed by atoms with van der Waals surface area (Å²) in [5.74, 6) is 0. The van der Waals surface area contributed by atoms with Crippen LogP contribution in [0.4, 0.5) is 0 Å². The van der Waals surface area contributed by atoms with E-state index in [2.05, 4.69) is 31.3 Å². The average Bonchev–Trinajstić information content (AvgIpc) is 2.43. The first-order valence-electron chi connectivity index (χ1n) is 6.42. The lowest BCUT2D eigenvalue weighted by Gasteiger charge is -2.18. The van der Waals surface area contributed by atoms with Crippen LogP contribution < -0.4 is 5.32 Å². The van der Waals surface area contributed by atoms with Crippen molar-refractivity contribution in [3.8, 4) is 0 Å². The van der Waals surface area contributed by atoms with E-state index in [9.17, 15) is 0 Å². The van der Waals surface area contributed by atoms with Gasteiger partial charge in [-0.25, -0.2) is 0 Å². The molecule has 0 aliphatic heterocycles. The third kappa shape index (κ3) is 3.48. The summed E-state index contributed by atoms with van der Waals surface area (Å²) < 4.78 is 0. The van der Waals surface area contributed by atoms with E-state index in [1.165, 1.54) is 11.1 Å². The van der Waals surface area contributed by atoms with Crippen molar-refractivity contribution in [3.63, 3.8) is 0 Å². The molecule has 2 rings (SSSR count). The second-order valence-corrected chi connectivity index (χ2v) is 5.97. The summed E-state index contributed by atoms with van der Waals surface area (Å²) in [6, 6.07) is 12.0. The van der Waals surface area contributed by atoms with Gasteiger partial charge < -0.3 is 5.32 Å². The number of hydrogen-bond acceptors (Lipinski definition) is 1. The quantitative estimate of drug-likeness (QED) is 0.699. The number of halogens is 3. The number of aryl methyl sites for hydroxylation is 1. The van der Waals surface area contributed by atoms with Gasteiger partial charge >= 0.3 is 0 Å². The van der Waals surface area contributed by atoms with Crippen molar-refractivity contribution in [1.82, 2.24) is 5.32 Å². The standard InChI is InChI=1S/C16H16Cl3N/c1-10-5-3-4-6-12(10)11(2)20-9-13-14(17)7-8-15(18)16(13)19/h3-8,11,20H,9H2,1-2H3/t11-/m1/s1. The van der Waals surface area contributed by atoms with Crippen molar-refractivity contribution >= 4 is 34.8 Å². The van der Waals surface area contributed by atoms with E-state index < -0.39 is 0 Å². The molecule has 0 bridgehead atoms. The Morgan fingerprint density at radius 3 is 2.35 bits per heavy atom. The summed E-state index contributed by atoms with van der Waals surface area (Å²) >= 11 is 18.4. The zero-order valence-electron chi connectivity index (χ0n) is 11.4. The summed E-state index contributed by atoms with van der Waals surface area (Å²) in [5, 5.41) is 5.11. The van der Waals surface area contributed by atoms with E-state index >= 15 is 0 Å². The molecule has 0 aliphatic rings. The Balaban J connectivity index is 2.14. The Morgan fingerprint density at radius 2 is 1.65 bits per heavy atom. The van der Waals surface area contributed by atoms with Crippen molar-refractivity contribution in [2.75, 3.05) is 0 Å². The molecule has 2 aromatic rings. The van der Waals surface area contributed by atoms with Gasteiger partial charge in [0.15, 0.2) is 0 Å². The van der Waals surface area contributed by atoms with Gasteiger partial charge in [0.2, 0.25) is 0 Å². The second kappa shape index (κ2) is 6.82. The maximum atomic E-state index is 6.20. The molecule has 1 nitrogen and oxygen atoms in total. The van der Waals surface area contributed by atoms with E-state index in [4.69, 9.17) is 34.8 Å². The number of hydrogen-bond donors (Lipinski definition) is 1. The summed E-state index contributed by atoms with van der Waals surface area (Å²) in [5.41, 5.74) is 3.36. The van der Waals surface area contributed by atoms with Gasteiger partial charge in [-0.2, -0.15) is 0 Å². The molecule has 0 saturated carbocycles. The molecule has 0 heterocycles. The first kappa shape index (κ1) is 15.7. The van der Waals surface area contributed by atoms with Gasteiger partial charge in [0, 0.05) is 23.2 Å². The highest BCUT2D eigenvalue weighted by Crippen LogP contribution is 2.31. The molecule has 106 valence electrons. The van der Waals surface area contributed by atoms with Gasteiger partial charge in [0.1, 0.15) is 0 Å². The summed E-state index contributed by atoms with van der Waals surface area (Å²) in [4.78, 5) is 0. The topological polar surface area (TPSA) is 12.0 Å². The van der Waals surface area contributed by atoms with E-state index in [1.807, 2.05) is 12.1 Å². The molecule has 1 atom stereocenters. The van der Waals surface area contributed by atoms with Crippen molar-refractivity contribution in [2.45, 2.75) is 26.4 Å². The van der Waals surface area contributed by atoms with Crippen LogP contribution in [-0.2, 0) is 6.54 Å². The second-order valence-electron chi connectivity index (χ2n) is 4.78. The number of nitrogens with one attached hydrogen (secondary N) is 1. The molecule has 20 heavy (non-hydrogen) atoms. The van der Waals surface area contributed by atoms with Crippen LogP contribution in [0.25, 0.3) is 0 Å². The molecule has 0 saturated heterocycles. The highest BCUT2D eigenvalue weighted by Gasteiger charge is 2.12. The first-order valence-corrected chi connectivity index (χ1v) is 7.55. The monoisotopic (exact) mass is 327 g/mol. The molecule has 0 unspecified atom stereocenters. The van der Waals surface area contributed by atoms with Crippen LogP contribution in [0.2, 0.25) is 15.1 Å². The van der Waals surface area contributed by atoms with Gasteiger partial charge in [-0.3, -0.25) is 0 Å². The minimum Gasteiger partial charge on any atom is -0.306 e. The van der Waals surface area contributed by atoms with Crippen LogP contribution in [0, 0.1) is 6.92 Å². The molecule has 0 aromatic heterocycles. The summed E-state index contributed by atoms with van der Waals surface area (Å²) in [6.45, 7) is 4.80. The van der Waals surface area contributed by atoms with Crippen molar-refractivity contribution in [1.29, 1.82) is 0 Å². The van der Waals surface area contributed by atoms with Crippen LogP contribution in [0.15, 0.2) is 36.4 Å². The smallest absolute Gasteiger partial charge is 0.0652 e. The van der Waals surface area contributed by atoms with E-state index in [0.29, 0.717) is 21.6 Å². The minimum atomic E-state index is 0.210. The highest BCUT2D eigenvalue weighted by molar-refractivity contribution is 6.44. The third-order valence-electron chi connectivity index (χ3n) is 3.38. The predicted molar refractivity (Wildman–Crippen MR) is 87.9 cm³/mol. The molecule has 0 radical (unpaired) electrons. The van der Waals surface area contributed by atoms with Crippen LogP contribution in [0.5, 0.6) is 0 Å². The fourth-order valence-electron chi connectivity index (χ4n) is 2.17. The molecule has 0 amide bonds. The maximum Gasteiger partial charge on any atom is 0.0652 e. The molecule has 4 heteroatoms. The van der Waals surface area contributed by atoms with E-state index in [0.717, 1.165) is 5.56 Å². The van der Waals surface area contributed by atoms with Gasteiger partial charge in [-0.1, -0.05) is 59.1 Å². The molecule has 0 aliphatic carbocycles. The molecule has 0 fully saturated rings. The lowest BCUT2D eigenvalue weighted by atomic mass is 10.0. The predicted octanol–water partition coefficient (Wildman–Crippen LogP) is 5.81. The fourth-order valence-corrected chi connectivity index (χ4v) is 2.85. The van der Waals surface area contributed by atoms with Crippen LogP contribution in [0.3, 0.4) is 0 Å². The van der Waals surface area contributed by atoms with Gasteiger partial charge in [0.25, 0.3) is 0 Å². The Hall–Kier alpha value is -0.730. The molecule has 1 N–H and O–H groups in total. The van der Waals surface area contributed by atoms with Gasteiger partial charge in [0.05, 0.1) is 10.0 Å². The number of rotatable bonds is 4. The Kier molecular flexibility index (Phi) is 5.34. The molecule has 0 spiro atoms. The normalized spacial score (nSPS) is 12.4. The van der Waals surface area contributed by atoms with Gasteiger partial charge in [-0.05, 0) is 37.1 Å². The Morgan fingerprint density at radius 1 is 1.00 bits per heavy atom. The average molecular weight is 329 g/mol. The molecule has 2 aromatic carbocycles. The van der Waals surface area contributed by atoms with Gasteiger partial charge in [-0.15, -0.1) is 0 Å². The number of benzene rings is 2. The molecular weight excluding hydrogens is 313 g/mol. The maximum absolute atomic E-state index is 6.20. The highest BCUT2D eigenvalue weighted by atomic mass is 35.5. The van der Waals surface area contributed by atoms with Crippen LogP contribution in [-0.4, -0.2) is 0 Å². The first-order chi connectivity index (χ1) is 9.50. The lowest BCUT2D eigenvalue weighted by molar-refractivity contribution is 0.572. The minimum absolute atomic E-state index is 0.210. The SMILES string of the molecule is Cc1ccccc1[C@@H](C)NCc1c(Cl)ccc(Cl)c1Cl. The zero-order valence-corrected chi connectivity index (χ0v) is 13.7. The summed E-state index contributed by atoms with van der Waals surface area (Å²) in [7, 11) is 0. The third-order valence-corrected chi connectivity index (χ3v) is 4.58. The van der Waals surface area contributed by atoms with Crippen molar-refractivity contribution in [3.05, 3.63) is 68.2 Å². The van der Waals surface area contributed by atoms with E-state index in [1.54, 1.807) is 12.1 Å². The molecular formula is C16H16Cl3N. The van der Waals surface area contributed by atoms with E-state index in [-0.39, 0.29) is 6.04 Å². The van der Waals surface area contributed by atoms with Crippen LogP contribution >= 0.6 is 34.8 Å². The summed E-state index contributed by atoms with van der Waals surface area (Å²) in [6.07, 6.45) is 0.